The van der Waals surface area contributed by atoms with E-state index in [0.717, 1.165) is 11.0 Å². The maximum atomic E-state index is 13.0. The van der Waals surface area contributed by atoms with Crippen LogP contribution in [0.25, 0.3) is 0 Å². The summed E-state index contributed by atoms with van der Waals surface area (Å²) in [6.07, 6.45) is 3.20. The van der Waals surface area contributed by atoms with Crippen molar-refractivity contribution in [3.63, 3.8) is 0 Å². The van der Waals surface area contributed by atoms with Gasteiger partial charge in [0.25, 0.3) is 11.8 Å². The Morgan fingerprint density at radius 3 is 2.52 bits per heavy atom. The lowest BCUT2D eigenvalue weighted by Crippen LogP contribution is -2.49. The lowest BCUT2D eigenvalue weighted by molar-refractivity contribution is 0.0712. The van der Waals surface area contributed by atoms with Crippen LogP contribution in [0.1, 0.15) is 20.9 Å². The third-order valence-corrected chi connectivity index (χ3v) is 5.33. The van der Waals surface area contributed by atoms with Gasteiger partial charge in [0.15, 0.2) is 5.76 Å². The van der Waals surface area contributed by atoms with Crippen LogP contribution in [-0.4, -0.2) is 91.9 Å². The third-order valence-electron chi connectivity index (χ3n) is 4.89. The van der Waals surface area contributed by atoms with Crippen molar-refractivity contribution in [2.24, 2.45) is 0 Å². The summed E-state index contributed by atoms with van der Waals surface area (Å²) in [5.74, 6) is 0.821. The molecule has 2 aromatic rings. The minimum absolute atomic E-state index is 0.0651. The second-order valence-corrected chi connectivity index (χ2v) is 8.23. The number of nitrogens with zero attached hydrogens (tertiary/aromatic N) is 5. The number of amides is 2. The van der Waals surface area contributed by atoms with Gasteiger partial charge in [-0.15, -0.1) is 0 Å². The van der Waals surface area contributed by atoms with Crippen molar-refractivity contribution in [3.8, 4) is 0 Å². The molecule has 1 aliphatic heterocycles. The number of likely N-dealkylation sites (N-methyl/N-ethyl adjacent to an activating group) is 2. The van der Waals surface area contributed by atoms with Crippen LogP contribution in [0, 0.1) is 0 Å². The van der Waals surface area contributed by atoms with Gasteiger partial charge in [0, 0.05) is 57.0 Å². The molecule has 3 rings (SSSR count). The molecule has 1 aliphatic rings. The van der Waals surface area contributed by atoms with Crippen LogP contribution in [-0.2, 0) is 0 Å². The van der Waals surface area contributed by atoms with Gasteiger partial charge >= 0.3 is 0 Å². The minimum atomic E-state index is -0.113. The van der Waals surface area contributed by atoms with Crippen LogP contribution in [0.5, 0.6) is 0 Å². The van der Waals surface area contributed by atoms with Crippen molar-refractivity contribution in [1.82, 2.24) is 19.7 Å². The summed E-state index contributed by atoms with van der Waals surface area (Å²) in [5, 5.41) is 0. The molecule has 156 valence electrons. The van der Waals surface area contributed by atoms with Crippen LogP contribution >= 0.6 is 15.9 Å². The van der Waals surface area contributed by atoms with Crippen LogP contribution in [0.4, 0.5) is 5.82 Å². The Labute approximate surface area is 179 Å². The number of hydrogen-bond donors (Lipinski definition) is 0. The van der Waals surface area contributed by atoms with Gasteiger partial charge < -0.3 is 24.0 Å². The molecule has 0 radical (unpaired) electrons. The molecule has 0 aromatic carbocycles. The van der Waals surface area contributed by atoms with Crippen molar-refractivity contribution in [3.05, 3.63) is 46.5 Å². The van der Waals surface area contributed by atoms with Gasteiger partial charge in [-0.3, -0.25) is 9.59 Å². The van der Waals surface area contributed by atoms with Crippen molar-refractivity contribution in [1.29, 1.82) is 0 Å². The number of furan rings is 1. The quantitative estimate of drug-likeness (QED) is 0.652. The number of piperazine rings is 1. The van der Waals surface area contributed by atoms with Crippen LogP contribution < -0.4 is 4.90 Å². The van der Waals surface area contributed by atoms with Crippen molar-refractivity contribution >= 4 is 33.6 Å². The molecule has 0 atom stereocenters. The number of rotatable bonds is 6. The summed E-state index contributed by atoms with van der Waals surface area (Å²) < 4.78 is 5.98. The average Bonchev–Trinajstić information content (AvgIpc) is 3.26. The fraction of sp³-hybridized carbons (Fsp3) is 0.450. The molecule has 0 saturated carbocycles. The highest BCUT2D eigenvalue weighted by Gasteiger charge is 2.27. The third kappa shape index (κ3) is 5.16. The standard InChI is InChI=1S/C20H26BrN5O3/c1-23(2)6-7-24(3)19(27)16-13-15(21)14-22-18(16)25-8-10-26(11-9-25)20(28)17-5-4-12-29-17/h4-5,12-14H,6-11H2,1-3H3. The van der Waals surface area contributed by atoms with Gasteiger partial charge in [0.05, 0.1) is 11.8 Å². The molecule has 0 spiro atoms. The van der Waals surface area contributed by atoms with Gasteiger partial charge in [-0.25, -0.2) is 4.98 Å². The SMILES string of the molecule is CN(C)CCN(C)C(=O)c1cc(Br)cnc1N1CCN(C(=O)c2ccco2)CC1. The number of hydrogen-bond acceptors (Lipinski definition) is 6. The first kappa shape index (κ1) is 21.3. The Kier molecular flexibility index (Phi) is 6.92. The number of carbonyl (C=O) groups is 2. The number of pyridine rings is 1. The predicted octanol–water partition coefficient (Wildman–Crippen LogP) is 2.03. The minimum Gasteiger partial charge on any atom is -0.459 e. The predicted molar refractivity (Wildman–Crippen MR) is 114 cm³/mol. The Hall–Kier alpha value is -2.39. The summed E-state index contributed by atoms with van der Waals surface area (Å²) >= 11 is 3.43. The van der Waals surface area contributed by atoms with E-state index in [4.69, 9.17) is 4.42 Å². The molecule has 9 heteroatoms. The van der Waals surface area contributed by atoms with Crippen molar-refractivity contribution in [2.45, 2.75) is 0 Å². The Bertz CT molecular complexity index is 848. The normalized spacial score (nSPS) is 14.4. The molecule has 1 saturated heterocycles. The van der Waals surface area contributed by atoms with Gasteiger partial charge in [-0.05, 0) is 48.2 Å². The largest absolute Gasteiger partial charge is 0.459 e. The zero-order valence-electron chi connectivity index (χ0n) is 17.0. The molecule has 1 fully saturated rings. The summed E-state index contributed by atoms with van der Waals surface area (Å²) in [5.41, 5.74) is 0.562. The maximum Gasteiger partial charge on any atom is 0.289 e. The van der Waals surface area contributed by atoms with E-state index in [2.05, 4.69) is 25.8 Å². The van der Waals surface area contributed by atoms with Gasteiger partial charge in [-0.2, -0.15) is 0 Å². The smallest absolute Gasteiger partial charge is 0.289 e. The van der Waals surface area contributed by atoms with E-state index in [9.17, 15) is 9.59 Å². The zero-order chi connectivity index (χ0) is 21.0. The molecular weight excluding hydrogens is 438 g/mol. The lowest BCUT2D eigenvalue weighted by Gasteiger charge is -2.36. The molecule has 3 heterocycles. The van der Waals surface area contributed by atoms with E-state index in [0.29, 0.717) is 49.9 Å². The molecule has 8 nitrogen and oxygen atoms in total. The average molecular weight is 464 g/mol. The molecule has 2 amide bonds. The molecule has 0 N–H and O–H groups in total. The first-order valence-electron chi connectivity index (χ1n) is 9.50. The second kappa shape index (κ2) is 9.41. The highest BCUT2D eigenvalue weighted by atomic mass is 79.9. The molecule has 29 heavy (non-hydrogen) atoms. The second-order valence-electron chi connectivity index (χ2n) is 7.31. The molecule has 0 aliphatic carbocycles. The summed E-state index contributed by atoms with van der Waals surface area (Å²) in [7, 11) is 5.76. The van der Waals surface area contributed by atoms with Crippen molar-refractivity contribution < 1.29 is 14.0 Å². The highest BCUT2D eigenvalue weighted by Crippen LogP contribution is 2.24. The molecular formula is C20H26BrN5O3. The summed E-state index contributed by atoms with van der Waals surface area (Å²) in [4.78, 5) is 37.6. The number of halogens is 1. The monoisotopic (exact) mass is 463 g/mol. The van der Waals surface area contributed by atoms with E-state index in [1.807, 2.05) is 25.1 Å². The van der Waals surface area contributed by atoms with Crippen molar-refractivity contribution in [2.75, 3.05) is 65.3 Å². The van der Waals surface area contributed by atoms with Crippen LogP contribution in [0.15, 0.2) is 39.5 Å². The van der Waals surface area contributed by atoms with Crippen LogP contribution in [0.3, 0.4) is 0 Å². The number of aromatic nitrogens is 1. The Morgan fingerprint density at radius 1 is 1.17 bits per heavy atom. The molecule has 0 bridgehead atoms. The van der Waals surface area contributed by atoms with Gasteiger partial charge in [-0.1, -0.05) is 0 Å². The van der Waals surface area contributed by atoms with E-state index in [1.54, 1.807) is 35.2 Å². The topological polar surface area (TPSA) is 73.1 Å². The van der Waals surface area contributed by atoms with Gasteiger partial charge in [0.1, 0.15) is 5.82 Å². The number of carbonyl (C=O) groups excluding carboxylic acids is 2. The van der Waals surface area contributed by atoms with Crippen LogP contribution in [0.2, 0.25) is 0 Å². The first-order chi connectivity index (χ1) is 13.9. The Morgan fingerprint density at radius 2 is 1.90 bits per heavy atom. The zero-order valence-corrected chi connectivity index (χ0v) is 18.6. The fourth-order valence-electron chi connectivity index (χ4n) is 3.18. The van der Waals surface area contributed by atoms with E-state index < -0.39 is 0 Å². The van der Waals surface area contributed by atoms with Gasteiger partial charge in [0.2, 0.25) is 0 Å². The van der Waals surface area contributed by atoms with E-state index in [-0.39, 0.29) is 11.8 Å². The van der Waals surface area contributed by atoms with E-state index >= 15 is 0 Å². The summed E-state index contributed by atoms with van der Waals surface area (Å²) in [6.45, 7) is 3.70. The lowest BCUT2D eigenvalue weighted by atomic mass is 10.2. The first-order valence-corrected chi connectivity index (χ1v) is 10.3. The summed E-state index contributed by atoms with van der Waals surface area (Å²) in [6, 6.07) is 5.20. The highest BCUT2D eigenvalue weighted by molar-refractivity contribution is 9.10. The van der Waals surface area contributed by atoms with E-state index in [1.165, 1.54) is 6.26 Å². The molecule has 0 unspecified atom stereocenters. The fourth-order valence-corrected chi connectivity index (χ4v) is 3.51. The number of anilines is 1. The Balaban J connectivity index is 1.71. The maximum absolute atomic E-state index is 13.0. The molecule has 2 aromatic heterocycles.